The van der Waals surface area contributed by atoms with E-state index in [1.165, 1.54) is 19.3 Å². The van der Waals surface area contributed by atoms with Gasteiger partial charge < -0.3 is 4.74 Å². The fraction of sp³-hybridized carbons (Fsp3) is 0.500. The Hall–Kier alpha value is -1.35. The summed E-state index contributed by atoms with van der Waals surface area (Å²) in [5.41, 5.74) is 0.823. The number of hydrogen-bond donors (Lipinski definition) is 0. The number of aromatic nitrogens is 2. The Morgan fingerprint density at radius 2 is 2.00 bits per heavy atom. The molecule has 2 aromatic rings. The van der Waals surface area contributed by atoms with Crippen LogP contribution in [0.15, 0.2) is 24.3 Å². The highest BCUT2D eigenvalue weighted by Crippen LogP contribution is 2.25. The molecule has 4 heteroatoms. The van der Waals surface area contributed by atoms with Gasteiger partial charge in [-0.25, -0.2) is 4.98 Å². The molecule has 0 radical (unpaired) electrons. The number of nitrogens with zero attached hydrogens (tertiary/aromatic N) is 2. The lowest BCUT2D eigenvalue weighted by molar-refractivity contribution is 0.228. The van der Waals surface area contributed by atoms with Crippen LogP contribution in [-0.2, 0) is 0 Å². The number of hydrogen-bond acceptors (Lipinski definition) is 3. The van der Waals surface area contributed by atoms with Gasteiger partial charge >= 0.3 is 0 Å². The minimum absolute atomic E-state index is 0.236. The number of benzene rings is 1. The van der Waals surface area contributed by atoms with Gasteiger partial charge in [-0.2, -0.15) is 4.98 Å². The van der Waals surface area contributed by atoms with Crippen LogP contribution >= 0.6 is 11.6 Å². The molecular formula is C16H21ClN2O. The van der Waals surface area contributed by atoms with E-state index in [0.29, 0.717) is 18.4 Å². The monoisotopic (exact) mass is 292 g/mol. The van der Waals surface area contributed by atoms with Crippen LogP contribution in [0.3, 0.4) is 0 Å². The Bertz CT molecular complexity index is 559. The highest BCUT2D eigenvalue weighted by atomic mass is 35.5. The molecule has 0 bridgehead atoms. The van der Waals surface area contributed by atoms with Crippen LogP contribution < -0.4 is 4.74 Å². The van der Waals surface area contributed by atoms with Crippen LogP contribution in [-0.4, -0.2) is 16.6 Å². The summed E-state index contributed by atoms with van der Waals surface area (Å²) in [5, 5.41) is 1.16. The zero-order chi connectivity index (χ0) is 14.4. The zero-order valence-electron chi connectivity index (χ0n) is 12.1. The quantitative estimate of drug-likeness (QED) is 0.682. The lowest BCUT2D eigenvalue weighted by atomic mass is 10.0. The first-order valence-corrected chi connectivity index (χ1v) is 7.67. The van der Waals surface area contributed by atoms with Crippen molar-refractivity contribution in [2.75, 3.05) is 6.61 Å². The molecule has 1 atom stereocenters. The summed E-state index contributed by atoms with van der Waals surface area (Å²) in [5.74, 6) is 1.16. The number of ether oxygens (including phenoxy) is 1. The van der Waals surface area contributed by atoms with Gasteiger partial charge in [0.2, 0.25) is 11.2 Å². The minimum atomic E-state index is 0.236. The van der Waals surface area contributed by atoms with E-state index in [2.05, 4.69) is 23.8 Å². The molecule has 2 rings (SSSR count). The predicted octanol–water partition coefficient (Wildman–Crippen LogP) is 4.88. The zero-order valence-corrected chi connectivity index (χ0v) is 12.9. The van der Waals surface area contributed by atoms with E-state index in [4.69, 9.17) is 16.3 Å². The number of halogens is 1. The maximum atomic E-state index is 5.95. The van der Waals surface area contributed by atoms with Crippen LogP contribution in [0, 0.1) is 5.92 Å². The lowest BCUT2D eigenvalue weighted by Crippen LogP contribution is -2.12. The third-order valence-corrected chi connectivity index (χ3v) is 3.71. The topological polar surface area (TPSA) is 35.0 Å². The van der Waals surface area contributed by atoms with Gasteiger partial charge in [0.25, 0.3) is 0 Å². The molecule has 20 heavy (non-hydrogen) atoms. The van der Waals surface area contributed by atoms with Gasteiger partial charge in [0.1, 0.15) is 0 Å². The molecule has 0 aliphatic heterocycles. The van der Waals surface area contributed by atoms with Crippen molar-refractivity contribution >= 4 is 22.5 Å². The molecule has 0 spiro atoms. The van der Waals surface area contributed by atoms with Crippen LogP contribution in [0.2, 0.25) is 5.28 Å². The molecule has 0 saturated carbocycles. The fourth-order valence-electron chi connectivity index (χ4n) is 2.23. The SMILES string of the molecule is CCCCC(CC)COc1nc(Cl)nc2ccccc12. The van der Waals surface area contributed by atoms with E-state index in [1.54, 1.807) is 0 Å². The molecule has 108 valence electrons. The summed E-state index contributed by atoms with van der Waals surface area (Å²) in [6, 6.07) is 7.78. The van der Waals surface area contributed by atoms with Gasteiger partial charge in [-0.15, -0.1) is 0 Å². The van der Waals surface area contributed by atoms with Gasteiger partial charge in [0.15, 0.2) is 0 Å². The smallest absolute Gasteiger partial charge is 0.226 e. The van der Waals surface area contributed by atoms with Gasteiger partial charge in [-0.05, 0) is 36.1 Å². The standard InChI is InChI=1S/C16H21ClN2O/c1-3-5-8-12(4-2)11-20-15-13-9-6-7-10-14(13)18-16(17)19-15/h6-7,9-10,12H,3-5,8,11H2,1-2H3. The van der Waals surface area contributed by atoms with Gasteiger partial charge in [0.05, 0.1) is 17.5 Å². The second kappa shape index (κ2) is 7.44. The Morgan fingerprint density at radius 3 is 2.75 bits per heavy atom. The third-order valence-electron chi connectivity index (χ3n) is 3.54. The average molecular weight is 293 g/mol. The molecule has 0 aliphatic rings. The van der Waals surface area contributed by atoms with E-state index >= 15 is 0 Å². The molecule has 0 fully saturated rings. The van der Waals surface area contributed by atoms with Crippen molar-refractivity contribution in [1.29, 1.82) is 0 Å². The Morgan fingerprint density at radius 1 is 1.20 bits per heavy atom. The number of fused-ring (bicyclic) bond motifs is 1. The third kappa shape index (κ3) is 3.83. The van der Waals surface area contributed by atoms with E-state index in [9.17, 15) is 0 Å². The molecule has 1 aromatic heterocycles. The normalized spacial score (nSPS) is 12.6. The van der Waals surface area contributed by atoms with E-state index in [-0.39, 0.29) is 5.28 Å². The van der Waals surface area contributed by atoms with Crippen molar-refractivity contribution in [2.24, 2.45) is 5.92 Å². The van der Waals surface area contributed by atoms with Crippen molar-refractivity contribution < 1.29 is 4.74 Å². The van der Waals surface area contributed by atoms with E-state index < -0.39 is 0 Å². The van der Waals surface area contributed by atoms with Crippen LogP contribution in [0.1, 0.15) is 39.5 Å². The van der Waals surface area contributed by atoms with Crippen molar-refractivity contribution in [1.82, 2.24) is 9.97 Å². The second-order valence-corrected chi connectivity index (χ2v) is 5.38. The number of para-hydroxylation sites is 1. The first-order chi connectivity index (χ1) is 9.74. The average Bonchev–Trinajstić information content (AvgIpc) is 2.47. The summed E-state index contributed by atoms with van der Waals surface area (Å²) in [4.78, 5) is 8.43. The summed E-state index contributed by atoms with van der Waals surface area (Å²) in [7, 11) is 0. The van der Waals surface area contributed by atoms with Gasteiger partial charge in [-0.1, -0.05) is 45.2 Å². The summed E-state index contributed by atoms with van der Waals surface area (Å²) < 4.78 is 5.91. The van der Waals surface area contributed by atoms with Crippen LogP contribution in [0.5, 0.6) is 5.88 Å². The Kier molecular flexibility index (Phi) is 5.60. The molecule has 0 amide bonds. The maximum Gasteiger partial charge on any atom is 0.226 e. The summed E-state index contributed by atoms with van der Waals surface area (Å²) in [6.45, 7) is 5.11. The molecular weight excluding hydrogens is 272 g/mol. The minimum Gasteiger partial charge on any atom is -0.477 e. The van der Waals surface area contributed by atoms with Crippen LogP contribution in [0.25, 0.3) is 10.9 Å². The first-order valence-electron chi connectivity index (χ1n) is 7.29. The number of rotatable bonds is 7. The molecule has 1 unspecified atom stereocenters. The highest BCUT2D eigenvalue weighted by molar-refractivity contribution is 6.28. The highest BCUT2D eigenvalue weighted by Gasteiger charge is 2.11. The van der Waals surface area contributed by atoms with Crippen molar-refractivity contribution in [3.63, 3.8) is 0 Å². The van der Waals surface area contributed by atoms with Crippen molar-refractivity contribution in [3.05, 3.63) is 29.5 Å². The fourth-order valence-corrected chi connectivity index (χ4v) is 2.39. The molecule has 0 N–H and O–H groups in total. The lowest BCUT2D eigenvalue weighted by Gasteiger charge is -2.15. The predicted molar refractivity (Wildman–Crippen MR) is 83.3 cm³/mol. The number of unbranched alkanes of at least 4 members (excludes halogenated alkanes) is 1. The van der Waals surface area contributed by atoms with E-state index in [1.807, 2.05) is 24.3 Å². The van der Waals surface area contributed by atoms with Gasteiger partial charge in [-0.3, -0.25) is 0 Å². The second-order valence-electron chi connectivity index (χ2n) is 5.04. The molecule has 0 saturated heterocycles. The Balaban J connectivity index is 2.12. The largest absolute Gasteiger partial charge is 0.477 e. The molecule has 1 aromatic carbocycles. The van der Waals surface area contributed by atoms with Gasteiger partial charge in [0, 0.05) is 0 Å². The summed E-state index contributed by atoms with van der Waals surface area (Å²) in [6.07, 6.45) is 4.78. The van der Waals surface area contributed by atoms with Crippen molar-refractivity contribution in [2.45, 2.75) is 39.5 Å². The first kappa shape index (κ1) is 15.0. The van der Waals surface area contributed by atoms with E-state index in [0.717, 1.165) is 17.3 Å². The van der Waals surface area contributed by atoms with Crippen LogP contribution in [0.4, 0.5) is 0 Å². The Labute approximate surface area is 125 Å². The molecule has 1 heterocycles. The van der Waals surface area contributed by atoms with Crippen molar-refractivity contribution in [3.8, 4) is 5.88 Å². The molecule has 0 aliphatic carbocycles. The summed E-state index contributed by atoms with van der Waals surface area (Å²) >= 11 is 5.95. The molecule has 3 nitrogen and oxygen atoms in total. The maximum absolute atomic E-state index is 5.95.